The van der Waals surface area contributed by atoms with Crippen LogP contribution in [0.3, 0.4) is 0 Å². The van der Waals surface area contributed by atoms with Crippen LogP contribution in [-0.4, -0.2) is 37.9 Å². The highest BCUT2D eigenvalue weighted by Crippen LogP contribution is 2.14. The summed E-state index contributed by atoms with van der Waals surface area (Å²) < 4.78 is 17.3. The number of allylic oxidation sites excluding steroid dienone is 6. The van der Waals surface area contributed by atoms with Crippen LogP contribution >= 0.6 is 0 Å². The van der Waals surface area contributed by atoms with Crippen LogP contribution in [0.2, 0.25) is 0 Å². The standard InChI is InChI=1S/C51H94O5/c1-4-7-10-13-16-19-21-23-25-27-29-31-34-37-40-43-46-54-47-49(56-51(53)45-42-39-36-32-18-15-12-9-6-3)48-55-50(52)44-41-38-35-33-30-28-26-24-22-20-17-14-11-8-5-2/h17,20,23-26,49H,4-16,18-19,21-22,27-48H2,1-3H3/b20-17-,25-23-,26-24-. The number of carbonyl (C=O) groups is 2. The lowest BCUT2D eigenvalue weighted by Gasteiger charge is -2.18. The van der Waals surface area contributed by atoms with E-state index >= 15 is 0 Å². The molecule has 0 aliphatic rings. The Morgan fingerprint density at radius 1 is 0.393 bits per heavy atom. The van der Waals surface area contributed by atoms with Crippen molar-refractivity contribution >= 4 is 11.9 Å². The Labute approximate surface area is 349 Å². The molecule has 5 nitrogen and oxygen atoms in total. The number of hydrogen-bond acceptors (Lipinski definition) is 5. The van der Waals surface area contributed by atoms with Gasteiger partial charge in [-0.15, -0.1) is 0 Å². The molecule has 1 atom stereocenters. The Morgan fingerprint density at radius 3 is 1.23 bits per heavy atom. The van der Waals surface area contributed by atoms with Crippen molar-refractivity contribution in [2.24, 2.45) is 0 Å². The largest absolute Gasteiger partial charge is 0.462 e. The molecule has 0 aromatic heterocycles. The van der Waals surface area contributed by atoms with Crippen molar-refractivity contribution in [3.05, 3.63) is 36.5 Å². The summed E-state index contributed by atoms with van der Waals surface area (Å²) in [6, 6.07) is 0. The zero-order valence-electron chi connectivity index (χ0n) is 37.7. The Bertz CT molecular complexity index is 893. The summed E-state index contributed by atoms with van der Waals surface area (Å²) in [6.45, 7) is 7.78. The molecule has 0 radical (unpaired) electrons. The van der Waals surface area contributed by atoms with Gasteiger partial charge in [0.25, 0.3) is 0 Å². The molecule has 5 heteroatoms. The fourth-order valence-corrected chi connectivity index (χ4v) is 6.95. The SMILES string of the molecule is CCCCC/C=C\C/C=C\CCCCCCCC(=O)OCC(COCCCCCCCC/C=C\CCCCCCCC)OC(=O)CCCCCCCCCCC. The number of unbranched alkanes of at least 4 members (excludes halogenated alkanes) is 28. The molecule has 1 unspecified atom stereocenters. The van der Waals surface area contributed by atoms with Gasteiger partial charge in [-0.05, 0) is 77.0 Å². The first-order valence-electron chi connectivity index (χ1n) is 24.5. The molecule has 0 aromatic carbocycles. The van der Waals surface area contributed by atoms with E-state index in [2.05, 4.69) is 57.2 Å². The molecule has 0 fully saturated rings. The van der Waals surface area contributed by atoms with Gasteiger partial charge in [0.2, 0.25) is 0 Å². The van der Waals surface area contributed by atoms with E-state index in [4.69, 9.17) is 14.2 Å². The molecule has 0 saturated carbocycles. The maximum absolute atomic E-state index is 12.7. The van der Waals surface area contributed by atoms with Crippen molar-refractivity contribution < 1.29 is 23.8 Å². The van der Waals surface area contributed by atoms with Gasteiger partial charge in [-0.25, -0.2) is 0 Å². The molecule has 0 bridgehead atoms. The zero-order valence-corrected chi connectivity index (χ0v) is 37.7. The first-order chi connectivity index (χ1) is 27.6. The normalized spacial score (nSPS) is 12.4. The van der Waals surface area contributed by atoms with Gasteiger partial charge in [-0.3, -0.25) is 9.59 Å². The summed E-state index contributed by atoms with van der Waals surface area (Å²) in [5.41, 5.74) is 0. The van der Waals surface area contributed by atoms with E-state index in [0.29, 0.717) is 19.4 Å². The van der Waals surface area contributed by atoms with Crippen LogP contribution in [0.25, 0.3) is 0 Å². The second kappa shape index (κ2) is 47.5. The van der Waals surface area contributed by atoms with E-state index in [1.54, 1.807) is 0 Å². The number of hydrogen-bond donors (Lipinski definition) is 0. The Balaban J connectivity index is 4.21. The number of esters is 2. The van der Waals surface area contributed by atoms with Crippen LogP contribution in [0, 0.1) is 0 Å². The fourth-order valence-electron chi connectivity index (χ4n) is 6.95. The molecule has 0 aliphatic heterocycles. The second-order valence-electron chi connectivity index (χ2n) is 16.4. The fraction of sp³-hybridized carbons (Fsp3) is 0.843. The average Bonchev–Trinajstić information content (AvgIpc) is 3.20. The van der Waals surface area contributed by atoms with Crippen molar-refractivity contribution in [2.45, 2.75) is 258 Å². The summed E-state index contributed by atoms with van der Waals surface area (Å²) in [7, 11) is 0. The van der Waals surface area contributed by atoms with Crippen LogP contribution in [0.1, 0.15) is 252 Å². The third kappa shape index (κ3) is 44.8. The second-order valence-corrected chi connectivity index (χ2v) is 16.4. The predicted molar refractivity (Wildman–Crippen MR) is 242 cm³/mol. The molecule has 56 heavy (non-hydrogen) atoms. The summed E-state index contributed by atoms with van der Waals surface area (Å²) >= 11 is 0. The Morgan fingerprint density at radius 2 is 0.750 bits per heavy atom. The highest BCUT2D eigenvalue weighted by Gasteiger charge is 2.17. The molecule has 328 valence electrons. The number of carbonyl (C=O) groups excluding carboxylic acids is 2. The van der Waals surface area contributed by atoms with Gasteiger partial charge in [-0.2, -0.15) is 0 Å². The van der Waals surface area contributed by atoms with Gasteiger partial charge in [0.05, 0.1) is 6.61 Å². The van der Waals surface area contributed by atoms with E-state index in [1.165, 1.54) is 161 Å². The predicted octanol–water partition coefficient (Wildman–Crippen LogP) is 16.2. The highest BCUT2D eigenvalue weighted by molar-refractivity contribution is 5.70. The van der Waals surface area contributed by atoms with Gasteiger partial charge in [0.15, 0.2) is 6.10 Å². The Hall–Kier alpha value is -1.88. The lowest BCUT2D eigenvalue weighted by Crippen LogP contribution is -2.30. The van der Waals surface area contributed by atoms with E-state index in [1.807, 2.05) is 0 Å². The maximum atomic E-state index is 12.7. The molecule has 0 amide bonds. The van der Waals surface area contributed by atoms with E-state index in [-0.39, 0.29) is 25.2 Å². The first kappa shape index (κ1) is 54.1. The molecule has 0 heterocycles. The third-order valence-corrected chi connectivity index (χ3v) is 10.6. The minimum absolute atomic E-state index is 0.0794. The molecular weight excluding hydrogens is 693 g/mol. The van der Waals surface area contributed by atoms with Crippen molar-refractivity contribution in [3.8, 4) is 0 Å². The number of ether oxygens (including phenoxy) is 3. The van der Waals surface area contributed by atoms with Gasteiger partial charge in [0.1, 0.15) is 6.61 Å². The molecule has 0 spiro atoms. The summed E-state index contributed by atoms with van der Waals surface area (Å²) in [6.07, 6.45) is 55.7. The summed E-state index contributed by atoms with van der Waals surface area (Å²) in [5.74, 6) is -0.410. The molecule has 0 aliphatic carbocycles. The van der Waals surface area contributed by atoms with Gasteiger partial charge in [0, 0.05) is 19.4 Å². The zero-order chi connectivity index (χ0) is 40.7. The molecule has 0 saturated heterocycles. The van der Waals surface area contributed by atoms with Gasteiger partial charge < -0.3 is 14.2 Å². The topological polar surface area (TPSA) is 61.8 Å². The number of rotatable bonds is 45. The Kier molecular flexibility index (Phi) is 45.9. The molecular formula is C51H94O5. The van der Waals surface area contributed by atoms with Crippen LogP contribution in [-0.2, 0) is 23.8 Å². The van der Waals surface area contributed by atoms with Crippen molar-refractivity contribution in [3.63, 3.8) is 0 Å². The first-order valence-corrected chi connectivity index (χ1v) is 24.5. The minimum Gasteiger partial charge on any atom is -0.462 e. The van der Waals surface area contributed by atoms with Crippen LogP contribution < -0.4 is 0 Å². The lowest BCUT2D eigenvalue weighted by atomic mass is 10.1. The van der Waals surface area contributed by atoms with E-state index < -0.39 is 6.10 Å². The van der Waals surface area contributed by atoms with Crippen molar-refractivity contribution in [1.82, 2.24) is 0 Å². The quantitative estimate of drug-likeness (QED) is 0.0349. The maximum Gasteiger partial charge on any atom is 0.306 e. The van der Waals surface area contributed by atoms with Crippen LogP contribution in [0.4, 0.5) is 0 Å². The van der Waals surface area contributed by atoms with Crippen molar-refractivity contribution in [2.75, 3.05) is 19.8 Å². The van der Waals surface area contributed by atoms with Gasteiger partial charge >= 0.3 is 11.9 Å². The monoisotopic (exact) mass is 787 g/mol. The minimum atomic E-state index is -0.538. The third-order valence-electron chi connectivity index (χ3n) is 10.6. The molecule has 0 rings (SSSR count). The smallest absolute Gasteiger partial charge is 0.306 e. The summed E-state index contributed by atoms with van der Waals surface area (Å²) in [4.78, 5) is 25.2. The van der Waals surface area contributed by atoms with Gasteiger partial charge in [-0.1, -0.05) is 198 Å². The van der Waals surface area contributed by atoms with E-state index in [9.17, 15) is 9.59 Å². The average molecular weight is 787 g/mol. The van der Waals surface area contributed by atoms with Crippen LogP contribution in [0.5, 0.6) is 0 Å². The van der Waals surface area contributed by atoms with Crippen LogP contribution in [0.15, 0.2) is 36.5 Å². The van der Waals surface area contributed by atoms with Crippen molar-refractivity contribution in [1.29, 1.82) is 0 Å². The lowest BCUT2D eigenvalue weighted by molar-refractivity contribution is -0.163. The molecule has 0 N–H and O–H groups in total. The highest BCUT2D eigenvalue weighted by atomic mass is 16.6. The molecule has 0 aromatic rings. The van der Waals surface area contributed by atoms with E-state index in [0.717, 1.165) is 57.8 Å². The summed E-state index contributed by atoms with van der Waals surface area (Å²) in [5, 5.41) is 0.